The van der Waals surface area contributed by atoms with Crippen molar-refractivity contribution in [2.45, 2.75) is 44.4 Å². The molecule has 0 bridgehead atoms. The summed E-state index contributed by atoms with van der Waals surface area (Å²) in [4.78, 5) is 24.7. The van der Waals surface area contributed by atoms with E-state index in [0.717, 1.165) is 24.8 Å². The third-order valence-electron chi connectivity index (χ3n) is 3.64. The van der Waals surface area contributed by atoms with Crippen molar-refractivity contribution in [3.05, 3.63) is 16.0 Å². The molecule has 1 aliphatic rings. The Balaban J connectivity index is 2.33. The summed E-state index contributed by atoms with van der Waals surface area (Å²) < 4.78 is 0. The third kappa shape index (κ3) is 3.06. The van der Waals surface area contributed by atoms with Crippen molar-refractivity contribution in [1.82, 2.24) is 0 Å². The summed E-state index contributed by atoms with van der Waals surface area (Å²) in [5.74, 6) is 0.0432. The molecule has 2 amide bonds. The molecule has 6 heteroatoms. The maximum atomic E-state index is 12.0. The largest absolute Gasteiger partial charge is 0.365 e. The van der Waals surface area contributed by atoms with E-state index in [1.54, 1.807) is 0 Å². The van der Waals surface area contributed by atoms with Gasteiger partial charge in [-0.3, -0.25) is 9.59 Å². The van der Waals surface area contributed by atoms with Gasteiger partial charge < -0.3 is 11.1 Å². The number of hydrogen-bond acceptors (Lipinski definition) is 3. The van der Waals surface area contributed by atoms with E-state index in [-0.39, 0.29) is 10.7 Å². The highest BCUT2D eigenvalue weighted by Gasteiger charge is 2.27. The summed E-state index contributed by atoms with van der Waals surface area (Å²) in [6, 6.07) is 0. The first-order valence-corrected chi connectivity index (χ1v) is 8.56. The van der Waals surface area contributed by atoms with E-state index in [1.165, 1.54) is 16.2 Å². The molecule has 4 nitrogen and oxygen atoms in total. The molecule has 1 aromatic heterocycles. The average molecular weight is 359 g/mol. The quantitative estimate of drug-likeness (QED) is 0.811. The van der Waals surface area contributed by atoms with Crippen molar-refractivity contribution < 1.29 is 9.59 Å². The van der Waals surface area contributed by atoms with Crippen LogP contribution in [0.15, 0.2) is 0 Å². The summed E-state index contributed by atoms with van der Waals surface area (Å²) in [5, 5.41) is 3.46. The van der Waals surface area contributed by atoms with Gasteiger partial charge in [-0.15, -0.1) is 11.3 Å². The first-order chi connectivity index (χ1) is 9.43. The van der Waals surface area contributed by atoms with Crippen LogP contribution in [-0.4, -0.2) is 16.6 Å². The summed E-state index contributed by atoms with van der Waals surface area (Å²) in [7, 11) is 0. The Morgan fingerprint density at radius 2 is 2.25 bits per heavy atom. The van der Waals surface area contributed by atoms with Gasteiger partial charge in [-0.1, -0.05) is 29.8 Å². The zero-order chi connectivity index (χ0) is 14.9. The van der Waals surface area contributed by atoms with E-state index in [4.69, 9.17) is 5.73 Å². The van der Waals surface area contributed by atoms with Gasteiger partial charge in [0.2, 0.25) is 5.91 Å². The third-order valence-corrected chi connectivity index (χ3v) is 5.87. The number of carbonyl (C=O) groups is 2. The van der Waals surface area contributed by atoms with Crippen molar-refractivity contribution >= 4 is 44.1 Å². The number of thiophene rings is 1. The second kappa shape index (κ2) is 6.26. The molecule has 0 radical (unpaired) electrons. The van der Waals surface area contributed by atoms with Crippen LogP contribution in [0.2, 0.25) is 0 Å². The van der Waals surface area contributed by atoms with Crippen LogP contribution in [0.5, 0.6) is 0 Å². The lowest BCUT2D eigenvalue weighted by Crippen LogP contribution is -2.24. The van der Waals surface area contributed by atoms with Crippen LogP contribution in [-0.2, 0) is 17.6 Å². The predicted molar refractivity (Wildman–Crippen MR) is 85.7 cm³/mol. The molecule has 0 fully saturated rings. The predicted octanol–water partition coefficient (Wildman–Crippen LogP) is 3.08. The Labute approximate surface area is 131 Å². The van der Waals surface area contributed by atoms with Crippen LogP contribution in [0, 0.1) is 5.92 Å². The summed E-state index contributed by atoms with van der Waals surface area (Å²) in [6.07, 6.45) is 3.58. The van der Waals surface area contributed by atoms with Crippen LogP contribution in [0.4, 0.5) is 5.00 Å². The lowest BCUT2D eigenvalue weighted by molar-refractivity contribution is -0.115. The van der Waals surface area contributed by atoms with Crippen LogP contribution in [0.1, 0.15) is 47.5 Å². The molecule has 2 rings (SSSR count). The zero-order valence-corrected chi connectivity index (χ0v) is 14.1. The minimum atomic E-state index is -0.449. The topological polar surface area (TPSA) is 72.2 Å². The number of carbonyl (C=O) groups excluding carboxylic acids is 2. The lowest BCUT2D eigenvalue weighted by atomic mass is 9.88. The van der Waals surface area contributed by atoms with E-state index in [9.17, 15) is 9.59 Å². The number of halogens is 1. The number of anilines is 1. The molecule has 3 N–H and O–H groups in total. The van der Waals surface area contributed by atoms with Gasteiger partial charge in [0.25, 0.3) is 5.91 Å². The van der Waals surface area contributed by atoms with E-state index in [1.807, 2.05) is 6.92 Å². The van der Waals surface area contributed by atoms with Gasteiger partial charge >= 0.3 is 0 Å². The number of rotatable bonds is 4. The normalized spacial score (nSPS) is 19.2. The van der Waals surface area contributed by atoms with Gasteiger partial charge in [-0.25, -0.2) is 0 Å². The van der Waals surface area contributed by atoms with Crippen LogP contribution in [0.25, 0.3) is 0 Å². The van der Waals surface area contributed by atoms with E-state index >= 15 is 0 Å². The first-order valence-electron chi connectivity index (χ1n) is 6.83. The molecule has 20 heavy (non-hydrogen) atoms. The van der Waals surface area contributed by atoms with Crippen molar-refractivity contribution in [1.29, 1.82) is 0 Å². The van der Waals surface area contributed by atoms with Gasteiger partial charge in [0.1, 0.15) is 5.00 Å². The molecule has 2 unspecified atom stereocenters. The summed E-state index contributed by atoms with van der Waals surface area (Å²) in [5.41, 5.74) is 7.06. The van der Waals surface area contributed by atoms with Crippen molar-refractivity contribution in [3.8, 4) is 0 Å². The molecule has 0 aliphatic heterocycles. The molecule has 1 aliphatic carbocycles. The lowest BCUT2D eigenvalue weighted by Gasteiger charge is -2.18. The molecule has 110 valence electrons. The molecule has 0 saturated carbocycles. The highest BCUT2D eigenvalue weighted by Crippen LogP contribution is 2.39. The minimum Gasteiger partial charge on any atom is -0.365 e. The fourth-order valence-corrected chi connectivity index (χ4v) is 4.01. The van der Waals surface area contributed by atoms with E-state index in [0.29, 0.717) is 22.9 Å². The minimum absolute atomic E-state index is 0.123. The van der Waals surface area contributed by atoms with E-state index < -0.39 is 5.91 Å². The van der Waals surface area contributed by atoms with Gasteiger partial charge in [0.15, 0.2) is 0 Å². The highest BCUT2D eigenvalue weighted by molar-refractivity contribution is 9.10. The molecule has 2 atom stereocenters. The Morgan fingerprint density at radius 1 is 1.55 bits per heavy atom. The number of hydrogen-bond donors (Lipinski definition) is 2. The highest BCUT2D eigenvalue weighted by atomic mass is 79.9. The molecule has 1 heterocycles. The summed E-state index contributed by atoms with van der Waals surface area (Å²) in [6.45, 7) is 4.13. The standard InChI is InChI=1S/C14H19BrN2O2S/c1-3-9(15)13(19)17-14-11(12(16)18)8-5-4-7(2)6-10(8)20-14/h7,9H,3-6H2,1-2H3,(H2,16,18)(H,17,19). The maximum Gasteiger partial charge on any atom is 0.251 e. The fraction of sp³-hybridized carbons (Fsp3) is 0.571. The maximum absolute atomic E-state index is 12.0. The zero-order valence-electron chi connectivity index (χ0n) is 11.7. The number of alkyl halides is 1. The summed E-state index contributed by atoms with van der Waals surface area (Å²) >= 11 is 4.82. The van der Waals surface area contributed by atoms with Gasteiger partial charge in [-0.05, 0) is 37.2 Å². The molecular weight excluding hydrogens is 340 g/mol. The Bertz CT molecular complexity index is 542. The molecular formula is C14H19BrN2O2S. The van der Waals surface area contributed by atoms with Crippen molar-refractivity contribution in [2.24, 2.45) is 11.7 Å². The SMILES string of the molecule is CCC(Br)C(=O)Nc1sc2c(c1C(N)=O)CCC(C)C2. The Morgan fingerprint density at radius 3 is 2.85 bits per heavy atom. The number of nitrogens with two attached hydrogens (primary N) is 1. The molecule has 0 saturated heterocycles. The smallest absolute Gasteiger partial charge is 0.251 e. The van der Waals surface area contributed by atoms with Gasteiger partial charge in [0, 0.05) is 4.88 Å². The Hall–Kier alpha value is -0.880. The monoisotopic (exact) mass is 358 g/mol. The first kappa shape index (κ1) is 15.5. The van der Waals surface area contributed by atoms with E-state index in [2.05, 4.69) is 28.2 Å². The fourth-order valence-electron chi connectivity index (χ4n) is 2.48. The Kier molecular flexibility index (Phi) is 4.86. The second-order valence-corrected chi connectivity index (χ2v) is 7.50. The van der Waals surface area contributed by atoms with Crippen LogP contribution >= 0.6 is 27.3 Å². The number of nitrogens with one attached hydrogen (secondary N) is 1. The van der Waals surface area contributed by atoms with Crippen molar-refractivity contribution in [3.63, 3.8) is 0 Å². The average Bonchev–Trinajstić information content (AvgIpc) is 2.74. The second-order valence-electron chi connectivity index (χ2n) is 5.29. The van der Waals surface area contributed by atoms with Crippen molar-refractivity contribution in [2.75, 3.05) is 5.32 Å². The number of amides is 2. The molecule has 1 aromatic rings. The number of fused-ring (bicyclic) bond motifs is 1. The van der Waals surface area contributed by atoms with Crippen LogP contribution < -0.4 is 11.1 Å². The van der Waals surface area contributed by atoms with Gasteiger partial charge in [0.05, 0.1) is 10.4 Å². The molecule has 0 aromatic carbocycles. The van der Waals surface area contributed by atoms with Gasteiger partial charge in [-0.2, -0.15) is 0 Å². The van der Waals surface area contributed by atoms with Crippen LogP contribution in [0.3, 0.4) is 0 Å². The number of primary amides is 1. The molecule has 0 spiro atoms.